The Morgan fingerprint density at radius 1 is 1.14 bits per heavy atom. The smallest absolute Gasteiger partial charge is 0.417 e. The first-order chi connectivity index (χ1) is 6.47. The van der Waals surface area contributed by atoms with Gasteiger partial charge in [-0.25, -0.2) is 9.59 Å². The maximum atomic E-state index is 10.9. The molecular formula is C10H18O4. The van der Waals surface area contributed by atoms with Gasteiger partial charge in [-0.2, -0.15) is 0 Å². The summed E-state index contributed by atoms with van der Waals surface area (Å²) in [6.45, 7) is 6.44. The quantitative estimate of drug-likeness (QED) is 0.510. The molecule has 0 aliphatic rings. The fourth-order valence-electron chi connectivity index (χ4n) is 1.23. The van der Waals surface area contributed by atoms with Crippen molar-refractivity contribution in [1.29, 1.82) is 0 Å². The van der Waals surface area contributed by atoms with Gasteiger partial charge < -0.3 is 9.47 Å². The van der Waals surface area contributed by atoms with Gasteiger partial charge in [-0.15, -0.1) is 0 Å². The molecule has 0 aromatic rings. The highest BCUT2D eigenvalue weighted by Crippen LogP contribution is 2.10. The Morgan fingerprint density at radius 3 is 2.14 bits per heavy atom. The van der Waals surface area contributed by atoms with Crippen LogP contribution in [-0.2, 0) is 19.1 Å². The van der Waals surface area contributed by atoms with Gasteiger partial charge in [0, 0.05) is 0 Å². The lowest BCUT2D eigenvalue weighted by molar-refractivity contribution is -0.166. The van der Waals surface area contributed by atoms with E-state index in [0.717, 1.165) is 13.5 Å². The molecule has 1 atom stereocenters. The molecule has 0 aliphatic carbocycles. The Hall–Kier alpha value is -1.06. The Bertz CT molecular complexity index is 198. The Labute approximate surface area is 84.6 Å². The molecule has 0 saturated carbocycles. The first-order valence-electron chi connectivity index (χ1n) is 4.72. The highest BCUT2D eigenvalue weighted by molar-refractivity contribution is 6.29. The van der Waals surface area contributed by atoms with Crippen molar-refractivity contribution in [2.75, 3.05) is 13.7 Å². The van der Waals surface area contributed by atoms with Crippen molar-refractivity contribution in [3.05, 3.63) is 0 Å². The third-order valence-corrected chi connectivity index (χ3v) is 1.72. The topological polar surface area (TPSA) is 52.6 Å². The van der Waals surface area contributed by atoms with Gasteiger partial charge in [-0.3, -0.25) is 0 Å². The van der Waals surface area contributed by atoms with Crippen LogP contribution >= 0.6 is 0 Å². The van der Waals surface area contributed by atoms with Crippen LogP contribution in [0.3, 0.4) is 0 Å². The van der Waals surface area contributed by atoms with E-state index in [1.165, 1.54) is 0 Å². The molecule has 82 valence electrons. The predicted octanol–water partition coefficient (Wildman–Crippen LogP) is 1.38. The van der Waals surface area contributed by atoms with Crippen molar-refractivity contribution in [3.63, 3.8) is 0 Å². The number of rotatable bonds is 4. The number of carbonyl (C=O) groups is 2. The average Bonchev–Trinajstić information content (AvgIpc) is 2.11. The molecular weight excluding hydrogens is 184 g/mol. The zero-order valence-electron chi connectivity index (χ0n) is 9.20. The first-order valence-corrected chi connectivity index (χ1v) is 4.72. The molecule has 0 saturated heterocycles. The molecule has 0 spiro atoms. The van der Waals surface area contributed by atoms with E-state index < -0.39 is 11.9 Å². The lowest BCUT2D eigenvalue weighted by Crippen LogP contribution is -2.21. The van der Waals surface area contributed by atoms with Crippen LogP contribution in [0, 0.1) is 11.8 Å². The molecule has 0 aliphatic heterocycles. The van der Waals surface area contributed by atoms with Crippen LogP contribution in [0.5, 0.6) is 0 Å². The van der Waals surface area contributed by atoms with E-state index in [0.29, 0.717) is 5.92 Å². The molecule has 4 nitrogen and oxygen atoms in total. The molecule has 0 aromatic heterocycles. The molecule has 0 N–H and O–H groups in total. The van der Waals surface area contributed by atoms with Gasteiger partial charge in [0.25, 0.3) is 0 Å². The van der Waals surface area contributed by atoms with E-state index in [4.69, 9.17) is 4.74 Å². The summed E-state index contributed by atoms with van der Waals surface area (Å²) in [6.07, 6.45) is 0.967. The van der Waals surface area contributed by atoms with Crippen LogP contribution in [0.15, 0.2) is 0 Å². The van der Waals surface area contributed by atoms with Gasteiger partial charge in [-0.05, 0) is 18.3 Å². The number of methoxy groups -OCH3 is 1. The molecule has 0 amide bonds. The van der Waals surface area contributed by atoms with Gasteiger partial charge in [0.05, 0.1) is 13.7 Å². The summed E-state index contributed by atoms with van der Waals surface area (Å²) in [4.78, 5) is 21.5. The summed E-state index contributed by atoms with van der Waals surface area (Å²) in [5.41, 5.74) is 0. The van der Waals surface area contributed by atoms with Crippen LogP contribution in [0.1, 0.15) is 27.2 Å². The molecule has 0 fully saturated rings. The summed E-state index contributed by atoms with van der Waals surface area (Å²) in [5.74, 6) is -1.03. The van der Waals surface area contributed by atoms with Crippen LogP contribution in [0.25, 0.3) is 0 Å². The molecule has 14 heavy (non-hydrogen) atoms. The molecule has 0 bridgehead atoms. The molecule has 1 unspecified atom stereocenters. The number of hydrogen-bond donors (Lipinski definition) is 0. The minimum atomic E-state index is -0.943. The van der Waals surface area contributed by atoms with Crippen LogP contribution in [0.4, 0.5) is 0 Å². The highest BCUT2D eigenvalue weighted by Gasteiger charge is 2.16. The monoisotopic (exact) mass is 202 g/mol. The van der Waals surface area contributed by atoms with Crippen molar-refractivity contribution in [1.82, 2.24) is 0 Å². The predicted molar refractivity (Wildman–Crippen MR) is 51.6 cm³/mol. The Kier molecular flexibility index (Phi) is 5.92. The van der Waals surface area contributed by atoms with Crippen LogP contribution in [0.2, 0.25) is 0 Å². The highest BCUT2D eigenvalue weighted by atomic mass is 16.6. The standard InChI is InChI=1S/C10H18O4/c1-7(2)5-8(3)6-14-10(12)9(11)13-4/h7-8H,5-6H2,1-4H3. The molecule has 0 radical (unpaired) electrons. The molecule has 4 heteroatoms. The molecule has 0 rings (SSSR count). The van der Waals surface area contributed by atoms with Crippen molar-refractivity contribution in [3.8, 4) is 0 Å². The maximum absolute atomic E-state index is 10.9. The second-order valence-electron chi connectivity index (χ2n) is 3.82. The second kappa shape index (κ2) is 6.40. The van der Waals surface area contributed by atoms with Gasteiger partial charge in [0.2, 0.25) is 0 Å². The summed E-state index contributed by atoms with van der Waals surface area (Å²) in [5, 5.41) is 0. The van der Waals surface area contributed by atoms with Crippen LogP contribution in [-0.4, -0.2) is 25.7 Å². The fourth-order valence-corrected chi connectivity index (χ4v) is 1.23. The van der Waals surface area contributed by atoms with Crippen molar-refractivity contribution in [2.24, 2.45) is 11.8 Å². The maximum Gasteiger partial charge on any atom is 0.417 e. The Morgan fingerprint density at radius 2 is 1.71 bits per heavy atom. The zero-order valence-corrected chi connectivity index (χ0v) is 9.20. The Balaban J connectivity index is 3.71. The van der Waals surface area contributed by atoms with E-state index in [2.05, 4.69) is 18.6 Å². The number of hydrogen-bond acceptors (Lipinski definition) is 4. The van der Waals surface area contributed by atoms with Crippen molar-refractivity contribution < 1.29 is 19.1 Å². The largest absolute Gasteiger partial charge is 0.461 e. The number of carbonyl (C=O) groups excluding carboxylic acids is 2. The lowest BCUT2D eigenvalue weighted by Gasteiger charge is -2.13. The van der Waals surface area contributed by atoms with Crippen molar-refractivity contribution in [2.45, 2.75) is 27.2 Å². The van der Waals surface area contributed by atoms with E-state index in [9.17, 15) is 9.59 Å². The average molecular weight is 202 g/mol. The zero-order chi connectivity index (χ0) is 11.1. The minimum Gasteiger partial charge on any atom is -0.461 e. The number of ether oxygens (including phenoxy) is 2. The van der Waals surface area contributed by atoms with E-state index in [1.54, 1.807) is 0 Å². The van der Waals surface area contributed by atoms with Gasteiger partial charge in [0.15, 0.2) is 0 Å². The summed E-state index contributed by atoms with van der Waals surface area (Å²) < 4.78 is 8.96. The van der Waals surface area contributed by atoms with Crippen molar-refractivity contribution >= 4 is 11.9 Å². The third kappa shape index (κ3) is 5.56. The SMILES string of the molecule is COC(=O)C(=O)OCC(C)CC(C)C. The minimum absolute atomic E-state index is 0.267. The summed E-state index contributed by atoms with van der Waals surface area (Å²) >= 11 is 0. The molecule has 0 aromatic carbocycles. The fraction of sp³-hybridized carbons (Fsp3) is 0.800. The van der Waals surface area contributed by atoms with Gasteiger partial charge >= 0.3 is 11.9 Å². The summed E-state index contributed by atoms with van der Waals surface area (Å²) in [7, 11) is 1.15. The summed E-state index contributed by atoms with van der Waals surface area (Å²) in [6, 6.07) is 0. The molecule has 0 heterocycles. The van der Waals surface area contributed by atoms with E-state index >= 15 is 0 Å². The van der Waals surface area contributed by atoms with Gasteiger partial charge in [0.1, 0.15) is 0 Å². The lowest BCUT2D eigenvalue weighted by atomic mass is 10.00. The first kappa shape index (κ1) is 12.9. The van der Waals surface area contributed by atoms with E-state index in [1.807, 2.05) is 6.92 Å². The van der Waals surface area contributed by atoms with Gasteiger partial charge in [-0.1, -0.05) is 20.8 Å². The second-order valence-corrected chi connectivity index (χ2v) is 3.82. The van der Waals surface area contributed by atoms with E-state index in [-0.39, 0.29) is 12.5 Å². The van der Waals surface area contributed by atoms with Crippen LogP contribution < -0.4 is 0 Å². The number of esters is 2. The third-order valence-electron chi connectivity index (χ3n) is 1.72. The normalized spacial score (nSPS) is 12.4.